The summed E-state index contributed by atoms with van der Waals surface area (Å²) in [5.74, 6) is -2.48. The number of carbonyl (C=O) groups excluding carboxylic acids is 2. The molecule has 4 aromatic rings. The first-order valence-electron chi connectivity index (χ1n) is 15.1. The van der Waals surface area contributed by atoms with Crippen LogP contribution in [0.1, 0.15) is 39.6 Å². The molecule has 1 aliphatic heterocycles. The molecule has 0 spiro atoms. The lowest BCUT2D eigenvalue weighted by atomic mass is 10.1. The van der Waals surface area contributed by atoms with E-state index < -0.39 is 51.9 Å². The Balaban J connectivity index is 1.26. The second-order valence-electron chi connectivity index (χ2n) is 11.2. The van der Waals surface area contributed by atoms with E-state index in [1.165, 1.54) is 58.5 Å². The molecule has 18 heteroatoms. The Labute approximate surface area is 282 Å². The highest BCUT2D eigenvalue weighted by molar-refractivity contribution is 7.90. The van der Waals surface area contributed by atoms with Crippen LogP contribution < -0.4 is 14.4 Å². The number of ether oxygens (including phenoxy) is 1. The zero-order chi connectivity index (χ0) is 36.3. The molecular weight excluding hydrogens is 694 g/mol. The van der Waals surface area contributed by atoms with Crippen molar-refractivity contribution in [2.24, 2.45) is 0 Å². The fraction of sp³-hybridized carbons (Fsp3) is 0.312. The highest BCUT2D eigenvalue weighted by atomic mass is 32.2. The number of sulfonamides is 1. The quantitative estimate of drug-likeness (QED) is 0.218. The molecule has 2 aromatic heterocycles. The van der Waals surface area contributed by atoms with Crippen LogP contribution in [0.4, 0.5) is 32.0 Å². The molecule has 0 aliphatic carbocycles. The van der Waals surface area contributed by atoms with Crippen LogP contribution in [0.3, 0.4) is 0 Å². The summed E-state index contributed by atoms with van der Waals surface area (Å²) >= 11 is 0. The van der Waals surface area contributed by atoms with Crippen molar-refractivity contribution in [2.45, 2.75) is 25.7 Å². The summed E-state index contributed by atoms with van der Waals surface area (Å²) in [4.78, 5) is 33.2. The number of pyridine rings is 1. The fourth-order valence-corrected chi connectivity index (χ4v) is 6.14. The molecule has 0 saturated carbocycles. The molecule has 1 N–H and O–H groups in total. The number of benzene rings is 2. The summed E-state index contributed by atoms with van der Waals surface area (Å²) < 4.78 is 111. The number of nitrogens with one attached hydrogen (secondary N) is 1. The number of aromatic nitrogens is 3. The number of carbonyl (C=O) groups is 2. The Hall–Kier alpha value is -5.13. The molecule has 0 atom stereocenters. The van der Waals surface area contributed by atoms with E-state index in [2.05, 4.69) is 10.1 Å². The first kappa shape index (κ1) is 36.2. The second kappa shape index (κ2) is 14.4. The molecule has 0 radical (unpaired) electrons. The Morgan fingerprint density at radius 1 is 0.860 bits per heavy atom. The van der Waals surface area contributed by atoms with E-state index in [0.717, 1.165) is 12.1 Å². The third-order valence-electron chi connectivity index (χ3n) is 7.66. The predicted octanol–water partition coefficient (Wildman–Crippen LogP) is 5.33. The minimum atomic E-state index is -4.74. The van der Waals surface area contributed by atoms with Crippen LogP contribution in [0.5, 0.6) is 5.75 Å². The van der Waals surface area contributed by atoms with Crippen molar-refractivity contribution < 1.29 is 49.1 Å². The number of hydrogen-bond donors (Lipinski definition) is 1. The number of hydrogen-bond acceptors (Lipinski definition) is 8. The Morgan fingerprint density at radius 3 is 2.20 bits per heavy atom. The van der Waals surface area contributed by atoms with Crippen molar-refractivity contribution in [3.8, 4) is 22.6 Å². The van der Waals surface area contributed by atoms with Crippen LogP contribution in [0, 0.1) is 0 Å². The van der Waals surface area contributed by atoms with Crippen molar-refractivity contribution in [3.63, 3.8) is 0 Å². The maximum absolute atomic E-state index is 14.0. The van der Waals surface area contributed by atoms with Gasteiger partial charge in [-0.05, 0) is 55.5 Å². The van der Waals surface area contributed by atoms with Gasteiger partial charge in [0.1, 0.15) is 5.75 Å². The third kappa shape index (κ3) is 9.10. The Kier molecular flexibility index (Phi) is 10.4. The zero-order valence-electron chi connectivity index (χ0n) is 26.3. The number of amides is 2. The van der Waals surface area contributed by atoms with E-state index >= 15 is 0 Å². The lowest BCUT2D eigenvalue weighted by molar-refractivity contribution is -0.137. The van der Waals surface area contributed by atoms with E-state index in [-0.39, 0.29) is 43.0 Å². The molecule has 266 valence electrons. The van der Waals surface area contributed by atoms with Gasteiger partial charge in [0.2, 0.25) is 10.0 Å². The van der Waals surface area contributed by atoms with Crippen LogP contribution in [0.2, 0.25) is 0 Å². The Bertz CT molecular complexity index is 1960. The predicted molar refractivity (Wildman–Crippen MR) is 169 cm³/mol. The van der Waals surface area contributed by atoms with E-state index in [4.69, 9.17) is 4.74 Å². The topological polar surface area (TPSA) is 127 Å². The summed E-state index contributed by atoms with van der Waals surface area (Å²) in [5, 5.41) is 4.22. The van der Waals surface area contributed by atoms with Gasteiger partial charge in [-0.1, -0.05) is 0 Å². The molecule has 0 bridgehead atoms. The van der Waals surface area contributed by atoms with Gasteiger partial charge in [-0.25, -0.2) is 17.8 Å². The van der Waals surface area contributed by atoms with Crippen molar-refractivity contribution in [2.75, 3.05) is 43.4 Å². The number of halogens is 6. The molecule has 5 rings (SSSR count). The van der Waals surface area contributed by atoms with E-state index in [9.17, 15) is 44.3 Å². The van der Waals surface area contributed by atoms with Crippen LogP contribution in [-0.2, 0) is 16.2 Å². The van der Waals surface area contributed by atoms with Gasteiger partial charge in [-0.2, -0.15) is 31.4 Å². The first-order valence-corrected chi connectivity index (χ1v) is 16.8. The summed E-state index contributed by atoms with van der Waals surface area (Å²) in [6.45, 7) is 3.11. The van der Waals surface area contributed by atoms with Gasteiger partial charge >= 0.3 is 12.4 Å². The highest BCUT2D eigenvalue weighted by Gasteiger charge is 2.34. The molecule has 1 aliphatic rings. The van der Waals surface area contributed by atoms with Gasteiger partial charge in [-0.3, -0.25) is 14.6 Å². The van der Waals surface area contributed by atoms with Gasteiger partial charge in [-0.15, -0.1) is 0 Å². The number of anilines is 1. The van der Waals surface area contributed by atoms with Crippen molar-refractivity contribution in [1.82, 2.24) is 24.4 Å². The molecule has 50 heavy (non-hydrogen) atoms. The largest absolute Gasteiger partial charge is 0.492 e. The smallest absolute Gasteiger partial charge is 0.416 e. The molecule has 0 unspecified atom stereocenters. The van der Waals surface area contributed by atoms with Crippen molar-refractivity contribution in [1.29, 1.82) is 0 Å². The molecule has 1 fully saturated rings. The van der Waals surface area contributed by atoms with Gasteiger partial charge in [0, 0.05) is 66.5 Å². The average Bonchev–Trinajstić information content (AvgIpc) is 3.57. The Morgan fingerprint density at radius 2 is 1.56 bits per heavy atom. The normalized spacial score (nSPS) is 14.1. The summed E-state index contributed by atoms with van der Waals surface area (Å²) in [6.07, 6.45) is -4.96. The van der Waals surface area contributed by atoms with Gasteiger partial charge in [0.25, 0.3) is 11.8 Å². The maximum atomic E-state index is 14.0. The van der Waals surface area contributed by atoms with E-state index in [0.29, 0.717) is 29.2 Å². The van der Waals surface area contributed by atoms with Crippen molar-refractivity contribution >= 4 is 27.5 Å². The molecular formula is C32H30F6N6O5S. The van der Waals surface area contributed by atoms with Crippen LogP contribution in [-0.4, -0.2) is 84.6 Å². The highest BCUT2D eigenvalue weighted by Crippen LogP contribution is 2.33. The number of piperazine rings is 1. The molecule has 2 aromatic carbocycles. The number of alkyl halides is 6. The maximum Gasteiger partial charge on any atom is 0.416 e. The van der Waals surface area contributed by atoms with Gasteiger partial charge in [0.05, 0.1) is 42.4 Å². The molecule has 11 nitrogen and oxygen atoms in total. The fourth-order valence-electron chi connectivity index (χ4n) is 5.14. The summed E-state index contributed by atoms with van der Waals surface area (Å²) in [5.41, 5.74) is 0.533. The SMILES string of the molecule is CCOc1cncc(-c2cnn(-c3cc(C(=O)N4CCN(c5ccc(C(=O)NS(=O)(=O)CCC(F)(F)F)cc5)CC4)cc(C(F)(F)F)c3)c2)c1. The summed E-state index contributed by atoms with van der Waals surface area (Å²) in [7, 11) is -4.51. The molecule has 1 saturated heterocycles. The minimum Gasteiger partial charge on any atom is -0.492 e. The van der Waals surface area contributed by atoms with Crippen molar-refractivity contribution in [3.05, 3.63) is 90.0 Å². The lowest BCUT2D eigenvalue weighted by Gasteiger charge is -2.36. The van der Waals surface area contributed by atoms with Gasteiger partial charge in [0.15, 0.2) is 0 Å². The standard InChI is InChI=1S/C32H30F6N6O5S/c1-2-49-28-15-23(17-39-19-28)24-18-40-44(20-24)27-14-22(13-25(16-27)32(36,37)38)30(46)43-10-8-42(9-11-43)26-5-3-21(4-6-26)29(45)41-50(47,48)12-7-31(33,34)35/h3-6,13-20H,2,7-12H2,1H3,(H,41,45). The average molecular weight is 725 g/mol. The van der Waals surface area contributed by atoms with Gasteiger partial charge < -0.3 is 14.5 Å². The zero-order valence-corrected chi connectivity index (χ0v) is 27.1. The lowest BCUT2D eigenvalue weighted by Crippen LogP contribution is -2.48. The minimum absolute atomic E-state index is 0.0271. The summed E-state index contributed by atoms with van der Waals surface area (Å²) in [6, 6.07) is 10.4. The molecule has 2 amide bonds. The second-order valence-corrected chi connectivity index (χ2v) is 13.1. The van der Waals surface area contributed by atoms with Crippen LogP contribution in [0.15, 0.2) is 73.3 Å². The van der Waals surface area contributed by atoms with E-state index in [1.807, 2.05) is 11.8 Å². The van der Waals surface area contributed by atoms with E-state index in [1.54, 1.807) is 17.0 Å². The monoisotopic (exact) mass is 724 g/mol. The number of rotatable bonds is 10. The van der Waals surface area contributed by atoms with Crippen LogP contribution >= 0.6 is 0 Å². The van der Waals surface area contributed by atoms with Crippen LogP contribution in [0.25, 0.3) is 16.8 Å². The number of nitrogens with zero attached hydrogens (tertiary/aromatic N) is 5. The first-order chi connectivity index (χ1) is 23.5. The third-order valence-corrected chi connectivity index (χ3v) is 8.90. The molecule has 3 heterocycles.